The van der Waals surface area contributed by atoms with E-state index in [2.05, 4.69) is 42.3 Å². The lowest BCUT2D eigenvalue weighted by Crippen LogP contribution is -1.97. The van der Waals surface area contributed by atoms with Crippen molar-refractivity contribution in [2.75, 3.05) is 11.6 Å². The molecule has 6 heteroatoms. The number of hydrogen-bond donors (Lipinski definition) is 1. The van der Waals surface area contributed by atoms with Crippen LogP contribution in [-0.4, -0.2) is 19.7 Å². The second-order valence-electron chi connectivity index (χ2n) is 5.76. The minimum absolute atomic E-state index is 0.308. The van der Waals surface area contributed by atoms with Crippen LogP contribution in [0.3, 0.4) is 0 Å². The average molecular weight is 358 g/mol. The van der Waals surface area contributed by atoms with Crippen LogP contribution in [0.2, 0.25) is 0 Å². The summed E-state index contributed by atoms with van der Waals surface area (Å²) in [6.07, 6.45) is 1.20. The van der Waals surface area contributed by atoms with Gasteiger partial charge in [-0.2, -0.15) is 0 Å². The Morgan fingerprint density at radius 1 is 1.00 bits per heavy atom. The molecule has 0 aliphatic heterocycles. The molecule has 0 atom stereocenters. The highest BCUT2D eigenvalue weighted by Gasteiger charge is 2.08. The highest BCUT2D eigenvalue weighted by Crippen LogP contribution is 2.28. The standard InChI is InChI=1S/C18H18N2O2S2/c1-12-4-5-14(10-13(12)2)17-11-23-18(20-17)19-15-6-8-16(9-7-15)24(3,21)22/h4-11H,1-3H3,(H,19,20). The van der Waals surface area contributed by atoms with E-state index in [1.807, 2.05) is 5.38 Å². The molecular weight excluding hydrogens is 340 g/mol. The minimum atomic E-state index is -3.17. The number of anilines is 2. The summed E-state index contributed by atoms with van der Waals surface area (Å²) in [6.45, 7) is 4.18. The van der Waals surface area contributed by atoms with Gasteiger partial charge in [-0.25, -0.2) is 13.4 Å². The zero-order valence-corrected chi connectivity index (χ0v) is 15.3. The second kappa shape index (κ2) is 6.37. The molecule has 0 spiro atoms. The van der Waals surface area contributed by atoms with Gasteiger partial charge in [-0.05, 0) is 55.3 Å². The largest absolute Gasteiger partial charge is 0.332 e. The third kappa shape index (κ3) is 3.66. The van der Waals surface area contributed by atoms with Crippen molar-refractivity contribution in [3.05, 3.63) is 59.0 Å². The first-order valence-electron chi connectivity index (χ1n) is 7.43. The van der Waals surface area contributed by atoms with Crippen molar-refractivity contribution >= 4 is 32.0 Å². The van der Waals surface area contributed by atoms with Gasteiger partial charge in [-0.1, -0.05) is 12.1 Å². The fraction of sp³-hybridized carbons (Fsp3) is 0.167. The Bertz CT molecular complexity index is 975. The van der Waals surface area contributed by atoms with Crippen LogP contribution in [0.25, 0.3) is 11.3 Å². The maximum atomic E-state index is 11.5. The quantitative estimate of drug-likeness (QED) is 0.742. The summed E-state index contributed by atoms with van der Waals surface area (Å²) in [7, 11) is -3.17. The fourth-order valence-electron chi connectivity index (χ4n) is 2.27. The molecule has 0 unspecified atom stereocenters. The highest BCUT2D eigenvalue weighted by molar-refractivity contribution is 7.90. The molecule has 1 heterocycles. The Kier molecular flexibility index (Phi) is 4.43. The molecule has 124 valence electrons. The predicted molar refractivity (Wildman–Crippen MR) is 99.9 cm³/mol. The Hall–Kier alpha value is -2.18. The van der Waals surface area contributed by atoms with E-state index in [9.17, 15) is 8.42 Å². The Labute approximate surface area is 146 Å². The van der Waals surface area contributed by atoms with Crippen LogP contribution in [0.5, 0.6) is 0 Å². The van der Waals surface area contributed by atoms with Crippen LogP contribution < -0.4 is 5.32 Å². The van der Waals surface area contributed by atoms with E-state index < -0.39 is 9.84 Å². The molecule has 2 aromatic carbocycles. The van der Waals surface area contributed by atoms with E-state index >= 15 is 0 Å². The summed E-state index contributed by atoms with van der Waals surface area (Å²) in [5.41, 5.74) is 5.33. The van der Waals surface area contributed by atoms with Crippen LogP contribution in [0, 0.1) is 13.8 Å². The number of nitrogens with zero attached hydrogens (tertiary/aromatic N) is 1. The third-order valence-corrected chi connectivity index (χ3v) is 5.73. The van der Waals surface area contributed by atoms with Crippen molar-refractivity contribution in [3.63, 3.8) is 0 Å². The summed E-state index contributed by atoms with van der Waals surface area (Å²) < 4.78 is 23.0. The lowest BCUT2D eigenvalue weighted by atomic mass is 10.1. The lowest BCUT2D eigenvalue weighted by molar-refractivity contribution is 0.602. The van der Waals surface area contributed by atoms with E-state index in [4.69, 9.17) is 0 Å². The smallest absolute Gasteiger partial charge is 0.187 e. The highest BCUT2D eigenvalue weighted by atomic mass is 32.2. The first-order chi connectivity index (χ1) is 11.3. The molecule has 1 aromatic heterocycles. The summed E-state index contributed by atoms with van der Waals surface area (Å²) in [6, 6.07) is 13.0. The maximum Gasteiger partial charge on any atom is 0.187 e. The van der Waals surface area contributed by atoms with Gasteiger partial charge in [0.25, 0.3) is 0 Å². The van der Waals surface area contributed by atoms with E-state index in [1.165, 1.54) is 28.7 Å². The van der Waals surface area contributed by atoms with Gasteiger partial charge in [0.1, 0.15) is 0 Å². The van der Waals surface area contributed by atoms with Gasteiger partial charge < -0.3 is 5.32 Å². The Morgan fingerprint density at radius 3 is 2.33 bits per heavy atom. The van der Waals surface area contributed by atoms with E-state index in [0.717, 1.165) is 22.1 Å². The molecule has 3 rings (SSSR count). The summed E-state index contributed by atoms with van der Waals surface area (Å²) >= 11 is 1.52. The van der Waals surface area contributed by atoms with Gasteiger partial charge >= 0.3 is 0 Å². The van der Waals surface area contributed by atoms with Crippen LogP contribution in [0.1, 0.15) is 11.1 Å². The zero-order chi connectivity index (χ0) is 17.3. The first kappa shape index (κ1) is 16.7. The molecule has 1 N–H and O–H groups in total. The predicted octanol–water partition coefficient (Wildman–Crippen LogP) is 4.57. The van der Waals surface area contributed by atoms with Crippen molar-refractivity contribution in [2.45, 2.75) is 18.7 Å². The molecule has 0 saturated heterocycles. The Balaban J connectivity index is 1.80. The number of thiazole rings is 1. The third-order valence-electron chi connectivity index (χ3n) is 3.84. The molecule has 0 fully saturated rings. The van der Waals surface area contributed by atoms with Crippen molar-refractivity contribution in [2.24, 2.45) is 0 Å². The lowest BCUT2D eigenvalue weighted by Gasteiger charge is -2.04. The van der Waals surface area contributed by atoms with E-state index in [1.54, 1.807) is 24.3 Å². The van der Waals surface area contributed by atoms with Crippen LogP contribution in [0.4, 0.5) is 10.8 Å². The van der Waals surface area contributed by atoms with Gasteiger partial charge in [0.15, 0.2) is 15.0 Å². The van der Waals surface area contributed by atoms with E-state index in [0.29, 0.717) is 4.90 Å². The fourth-order valence-corrected chi connectivity index (χ4v) is 3.64. The molecule has 0 bridgehead atoms. The number of benzene rings is 2. The summed E-state index contributed by atoms with van der Waals surface area (Å²) in [5.74, 6) is 0. The van der Waals surface area contributed by atoms with Gasteiger partial charge in [-0.15, -0.1) is 11.3 Å². The number of aryl methyl sites for hydroxylation is 2. The van der Waals surface area contributed by atoms with Gasteiger partial charge in [-0.3, -0.25) is 0 Å². The van der Waals surface area contributed by atoms with Gasteiger partial charge in [0.2, 0.25) is 0 Å². The maximum absolute atomic E-state index is 11.5. The SMILES string of the molecule is Cc1ccc(-c2csc(Nc3ccc(S(C)(=O)=O)cc3)n2)cc1C. The summed E-state index contributed by atoms with van der Waals surface area (Å²) in [4.78, 5) is 4.92. The van der Waals surface area contributed by atoms with Crippen LogP contribution >= 0.6 is 11.3 Å². The molecule has 24 heavy (non-hydrogen) atoms. The normalized spacial score (nSPS) is 11.5. The number of nitrogens with one attached hydrogen (secondary N) is 1. The van der Waals surface area contributed by atoms with Gasteiger partial charge in [0, 0.05) is 22.9 Å². The topological polar surface area (TPSA) is 59.1 Å². The number of rotatable bonds is 4. The van der Waals surface area contributed by atoms with Crippen molar-refractivity contribution in [3.8, 4) is 11.3 Å². The summed E-state index contributed by atoms with van der Waals surface area (Å²) in [5, 5.41) is 6.00. The average Bonchev–Trinajstić information content (AvgIpc) is 2.98. The van der Waals surface area contributed by atoms with E-state index in [-0.39, 0.29) is 0 Å². The number of aromatic nitrogens is 1. The molecule has 0 amide bonds. The molecule has 0 aliphatic rings. The molecule has 0 aliphatic carbocycles. The molecule has 0 saturated carbocycles. The van der Waals surface area contributed by atoms with Gasteiger partial charge in [0.05, 0.1) is 10.6 Å². The van der Waals surface area contributed by atoms with Crippen molar-refractivity contribution in [1.82, 2.24) is 4.98 Å². The Morgan fingerprint density at radius 2 is 1.71 bits per heavy atom. The molecule has 0 radical (unpaired) electrons. The second-order valence-corrected chi connectivity index (χ2v) is 8.63. The minimum Gasteiger partial charge on any atom is -0.332 e. The number of sulfone groups is 1. The first-order valence-corrected chi connectivity index (χ1v) is 10.2. The van der Waals surface area contributed by atoms with Crippen molar-refractivity contribution in [1.29, 1.82) is 0 Å². The van der Waals surface area contributed by atoms with Crippen molar-refractivity contribution < 1.29 is 8.42 Å². The number of hydrogen-bond acceptors (Lipinski definition) is 5. The van der Waals surface area contributed by atoms with Crippen LogP contribution in [-0.2, 0) is 9.84 Å². The zero-order valence-electron chi connectivity index (χ0n) is 13.7. The molecular formula is C18H18N2O2S2. The monoisotopic (exact) mass is 358 g/mol. The molecule has 4 nitrogen and oxygen atoms in total. The molecule has 3 aromatic rings. The van der Waals surface area contributed by atoms with Crippen LogP contribution in [0.15, 0.2) is 52.7 Å².